The van der Waals surface area contributed by atoms with Gasteiger partial charge in [-0.15, -0.1) is 0 Å². The van der Waals surface area contributed by atoms with Gasteiger partial charge in [0.1, 0.15) is 5.78 Å². The van der Waals surface area contributed by atoms with Crippen molar-refractivity contribution < 1.29 is 14.6 Å². The van der Waals surface area contributed by atoms with Crippen molar-refractivity contribution in [3.63, 3.8) is 0 Å². The van der Waals surface area contributed by atoms with Crippen molar-refractivity contribution in [2.24, 2.45) is 23.2 Å². The van der Waals surface area contributed by atoms with Crippen molar-refractivity contribution in [1.82, 2.24) is 4.90 Å². The number of fused-ring (bicyclic) bond motifs is 1. The van der Waals surface area contributed by atoms with E-state index in [2.05, 4.69) is 34.0 Å². The van der Waals surface area contributed by atoms with Crippen LogP contribution in [0.25, 0.3) is 0 Å². The Labute approximate surface area is 170 Å². The zero-order valence-corrected chi connectivity index (χ0v) is 18.1. The molecule has 3 fully saturated rings. The molecule has 0 aliphatic heterocycles. The number of hydrogen-bond donors (Lipinski definition) is 1. The number of carbonyl (C=O) groups excluding carboxylic acids is 1. The Morgan fingerprint density at radius 1 is 1.44 bits per heavy atom. The van der Waals surface area contributed by atoms with Crippen molar-refractivity contribution in [2.45, 2.75) is 51.5 Å². The van der Waals surface area contributed by atoms with Crippen molar-refractivity contribution >= 4 is 21.7 Å². The molecule has 0 saturated heterocycles. The Morgan fingerprint density at radius 2 is 2.19 bits per heavy atom. The van der Waals surface area contributed by atoms with Crippen LogP contribution in [-0.4, -0.2) is 42.5 Å². The summed E-state index contributed by atoms with van der Waals surface area (Å²) < 4.78 is 6.36. The number of allylic oxidation sites excluding steroid dienone is 3. The highest BCUT2D eigenvalue weighted by Crippen LogP contribution is 2.65. The molecule has 4 atom stereocenters. The Kier molecular flexibility index (Phi) is 5.04. The van der Waals surface area contributed by atoms with Crippen LogP contribution in [0.3, 0.4) is 0 Å². The minimum atomic E-state index is -0.218. The first-order chi connectivity index (χ1) is 12.9. The van der Waals surface area contributed by atoms with Crippen LogP contribution in [0.4, 0.5) is 0 Å². The second-order valence-electron chi connectivity index (χ2n) is 8.99. The molecule has 3 unspecified atom stereocenters. The number of ether oxygens (including phenoxy) is 1. The van der Waals surface area contributed by atoms with Gasteiger partial charge in [-0.1, -0.05) is 22.0 Å². The molecule has 3 saturated carbocycles. The van der Waals surface area contributed by atoms with Crippen LogP contribution >= 0.6 is 15.9 Å². The van der Waals surface area contributed by atoms with Crippen LogP contribution in [0.2, 0.25) is 0 Å². The lowest BCUT2D eigenvalue weighted by molar-refractivity contribution is -0.124. The molecular weight excluding hydrogens is 406 g/mol. The summed E-state index contributed by atoms with van der Waals surface area (Å²) in [4.78, 5) is 15.0. The topological polar surface area (TPSA) is 49.8 Å². The number of Topliss-reactive ketones (excluding diaryl/α,β-unsaturated/α-hetero) is 1. The van der Waals surface area contributed by atoms with Crippen LogP contribution in [0, 0.1) is 23.2 Å². The molecule has 0 aromatic heterocycles. The fourth-order valence-electron chi connectivity index (χ4n) is 5.98. The van der Waals surface area contributed by atoms with Crippen LogP contribution < -0.4 is 0 Å². The Bertz CT molecular complexity index is 732. The van der Waals surface area contributed by atoms with E-state index in [1.54, 1.807) is 13.2 Å². The van der Waals surface area contributed by atoms with Gasteiger partial charge in [-0.25, -0.2) is 0 Å². The van der Waals surface area contributed by atoms with Gasteiger partial charge in [-0.2, -0.15) is 0 Å². The lowest BCUT2D eigenvalue weighted by Gasteiger charge is -2.45. The smallest absolute Gasteiger partial charge is 0.161 e. The summed E-state index contributed by atoms with van der Waals surface area (Å²) in [5, 5.41) is 11.1. The monoisotopic (exact) mass is 435 g/mol. The van der Waals surface area contributed by atoms with E-state index in [0.29, 0.717) is 42.3 Å². The maximum Gasteiger partial charge on any atom is 0.161 e. The van der Waals surface area contributed by atoms with Gasteiger partial charge in [0.2, 0.25) is 0 Å². The lowest BCUT2D eigenvalue weighted by Crippen LogP contribution is -2.48. The summed E-state index contributed by atoms with van der Waals surface area (Å²) in [5.74, 6) is 2.73. The molecule has 148 valence electrons. The summed E-state index contributed by atoms with van der Waals surface area (Å²) in [6.07, 6.45) is 9.93. The first kappa shape index (κ1) is 19.3. The fourth-order valence-corrected chi connectivity index (χ4v) is 6.19. The van der Waals surface area contributed by atoms with Gasteiger partial charge in [0.05, 0.1) is 7.11 Å². The number of nitrogens with zero attached hydrogens (tertiary/aromatic N) is 1. The predicted octanol–water partition coefficient (Wildman–Crippen LogP) is 4.73. The van der Waals surface area contributed by atoms with Gasteiger partial charge < -0.3 is 14.7 Å². The third-order valence-corrected chi connectivity index (χ3v) is 7.34. The van der Waals surface area contributed by atoms with E-state index in [1.165, 1.54) is 19.4 Å². The molecule has 1 N–H and O–H groups in total. The van der Waals surface area contributed by atoms with E-state index in [9.17, 15) is 9.90 Å². The lowest BCUT2D eigenvalue weighted by atomic mass is 9.62. The number of ketones is 1. The highest BCUT2D eigenvalue weighted by Gasteiger charge is 2.62. The van der Waals surface area contributed by atoms with Crippen LogP contribution in [0.5, 0.6) is 0 Å². The second-order valence-corrected chi connectivity index (χ2v) is 10.2. The van der Waals surface area contributed by atoms with Crippen LogP contribution in [0.1, 0.15) is 45.4 Å². The van der Waals surface area contributed by atoms with E-state index in [-0.39, 0.29) is 11.2 Å². The number of halogens is 1. The van der Waals surface area contributed by atoms with Crippen molar-refractivity contribution in [3.05, 3.63) is 33.7 Å². The van der Waals surface area contributed by atoms with E-state index >= 15 is 0 Å². The number of hydrogen-bond acceptors (Lipinski definition) is 4. The van der Waals surface area contributed by atoms with Gasteiger partial charge in [0.25, 0.3) is 0 Å². The number of aliphatic hydroxyl groups is 1. The third kappa shape index (κ3) is 3.31. The summed E-state index contributed by atoms with van der Waals surface area (Å²) in [7, 11) is 3.84. The minimum Gasteiger partial charge on any atom is -0.504 e. The van der Waals surface area contributed by atoms with Gasteiger partial charge in [-0.05, 0) is 68.0 Å². The normalized spacial score (nSPS) is 36.6. The first-order valence-corrected chi connectivity index (χ1v) is 10.9. The average molecular weight is 436 g/mol. The zero-order chi connectivity index (χ0) is 19.3. The highest BCUT2D eigenvalue weighted by atomic mass is 79.9. The van der Waals surface area contributed by atoms with E-state index in [1.807, 2.05) is 6.92 Å². The molecule has 4 nitrogen and oxygen atoms in total. The molecule has 4 aliphatic rings. The number of carbonyl (C=O) groups is 1. The molecule has 4 aliphatic carbocycles. The highest BCUT2D eigenvalue weighted by molar-refractivity contribution is 9.11. The number of methoxy groups -OCH3 is 1. The average Bonchev–Trinajstić information content (AvgIpc) is 3.27. The molecule has 5 heteroatoms. The van der Waals surface area contributed by atoms with E-state index in [0.717, 1.165) is 28.8 Å². The quantitative estimate of drug-likeness (QED) is 0.483. The molecule has 0 aromatic carbocycles. The molecule has 4 rings (SSSR count). The van der Waals surface area contributed by atoms with Gasteiger partial charge in [-0.3, -0.25) is 4.79 Å². The minimum absolute atomic E-state index is 0.210. The summed E-state index contributed by atoms with van der Waals surface area (Å²) in [6, 6.07) is 0.495. The summed E-state index contributed by atoms with van der Waals surface area (Å²) >= 11 is 3.42. The van der Waals surface area contributed by atoms with Crippen molar-refractivity contribution in [3.8, 4) is 0 Å². The largest absolute Gasteiger partial charge is 0.504 e. The van der Waals surface area contributed by atoms with Gasteiger partial charge in [0, 0.05) is 36.4 Å². The predicted molar refractivity (Wildman–Crippen MR) is 109 cm³/mol. The van der Waals surface area contributed by atoms with Crippen molar-refractivity contribution in [1.29, 1.82) is 0 Å². The molecule has 27 heavy (non-hydrogen) atoms. The van der Waals surface area contributed by atoms with Crippen molar-refractivity contribution in [2.75, 3.05) is 20.7 Å². The first-order valence-electron chi connectivity index (χ1n) is 10.1. The van der Waals surface area contributed by atoms with Gasteiger partial charge in [0.15, 0.2) is 11.5 Å². The molecule has 0 radical (unpaired) electrons. The molecule has 0 heterocycles. The SMILES string of the molecule is COC(/C=C(\C)Br)=C(\O)C1=CC2C[C@]13CC(=O)CCC3C2N(C)CC1CC1. The Hall–Kier alpha value is -1.07. The maximum atomic E-state index is 12.4. The third-order valence-electron chi connectivity index (χ3n) is 7.12. The standard InChI is InChI=1S/C22H30BrNO3/c1-13(23)8-19(27-3)21(26)18-9-15-10-22(18)11-16(25)6-7-17(22)20(15)24(2)12-14-4-5-14/h8-9,14-15,17,20,26H,4-7,10-12H2,1-3H3/b13-8+,21-19-/t15?,17?,20?,22-/m1/s1. The molecule has 1 spiro atoms. The van der Waals surface area contributed by atoms with E-state index < -0.39 is 0 Å². The zero-order valence-electron chi connectivity index (χ0n) is 16.5. The maximum absolute atomic E-state index is 12.4. The number of aliphatic hydroxyl groups excluding tert-OH is 1. The fraction of sp³-hybridized carbons (Fsp3) is 0.682. The molecule has 2 bridgehead atoms. The van der Waals surface area contributed by atoms with Gasteiger partial charge >= 0.3 is 0 Å². The summed E-state index contributed by atoms with van der Waals surface area (Å²) in [5.41, 5.74) is 0.730. The molecule has 0 aromatic rings. The Morgan fingerprint density at radius 3 is 2.81 bits per heavy atom. The van der Waals surface area contributed by atoms with E-state index in [4.69, 9.17) is 4.74 Å². The van der Waals surface area contributed by atoms with Crippen LogP contribution in [0.15, 0.2) is 33.7 Å². The molecular formula is C22H30BrNO3. The number of rotatable bonds is 6. The summed E-state index contributed by atoms with van der Waals surface area (Å²) in [6.45, 7) is 3.08. The Balaban J connectivity index is 1.72. The molecule has 0 amide bonds. The van der Waals surface area contributed by atoms with Crippen LogP contribution in [-0.2, 0) is 9.53 Å². The second kappa shape index (κ2) is 7.07.